The fourth-order valence-electron chi connectivity index (χ4n) is 2.55. The van der Waals surface area contributed by atoms with Gasteiger partial charge in [0, 0.05) is 0 Å². The molecule has 0 atom stereocenters. The summed E-state index contributed by atoms with van der Waals surface area (Å²) in [6, 6.07) is 21.9. The molecule has 0 spiro atoms. The molecule has 0 amide bonds. The molecule has 0 saturated carbocycles. The Balaban J connectivity index is 1.65. The molecule has 6 heteroatoms. The molecular weight excluding hydrogens is 424 g/mol. The Morgan fingerprint density at radius 3 is 2.29 bits per heavy atom. The summed E-state index contributed by atoms with van der Waals surface area (Å²) >= 11 is 3.46. The van der Waals surface area contributed by atoms with Gasteiger partial charge in [0.05, 0.1) is 11.6 Å². The Morgan fingerprint density at radius 2 is 1.57 bits per heavy atom. The van der Waals surface area contributed by atoms with Gasteiger partial charge in [-0.15, -0.1) is 0 Å². The number of esters is 2. The highest BCUT2D eigenvalue weighted by molar-refractivity contribution is 9.10. The quantitative estimate of drug-likeness (QED) is 0.403. The Hall–Kier alpha value is -3.12. The molecule has 0 bridgehead atoms. The molecule has 0 saturated heterocycles. The Morgan fingerprint density at radius 1 is 0.857 bits per heavy atom. The Labute approximate surface area is 171 Å². The van der Waals surface area contributed by atoms with E-state index in [0.717, 1.165) is 15.6 Å². The Kier molecular flexibility index (Phi) is 6.45. The highest BCUT2D eigenvalue weighted by Gasteiger charge is 2.16. The van der Waals surface area contributed by atoms with Crippen LogP contribution >= 0.6 is 15.9 Å². The molecule has 0 aliphatic rings. The summed E-state index contributed by atoms with van der Waals surface area (Å²) in [4.78, 5) is 23.9. The van der Waals surface area contributed by atoms with Crippen LogP contribution in [0.4, 0.5) is 0 Å². The van der Waals surface area contributed by atoms with Crippen LogP contribution < -0.4 is 9.47 Å². The van der Waals surface area contributed by atoms with Gasteiger partial charge in [0.1, 0.15) is 17.1 Å². The monoisotopic (exact) mass is 440 g/mol. The number of methoxy groups -OCH3 is 1. The smallest absolute Gasteiger partial charge is 0.349 e. The van der Waals surface area contributed by atoms with Crippen molar-refractivity contribution >= 4 is 27.9 Å². The van der Waals surface area contributed by atoms with Crippen LogP contribution in [0.25, 0.3) is 11.1 Å². The van der Waals surface area contributed by atoms with Crippen molar-refractivity contribution in [1.29, 1.82) is 0 Å². The fraction of sp³-hybridized carbons (Fsp3) is 0.0909. The normalized spacial score (nSPS) is 10.2. The molecule has 142 valence electrons. The maximum atomic E-state index is 12.1. The van der Waals surface area contributed by atoms with Crippen molar-refractivity contribution < 1.29 is 23.8 Å². The summed E-state index contributed by atoms with van der Waals surface area (Å²) in [6.07, 6.45) is 0. The lowest BCUT2D eigenvalue weighted by atomic mass is 10.1. The number of halogens is 1. The number of carbonyl (C=O) groups is 2. The second-order valence-electron chi connectivity index (χ2n) is 5.76. The summed E-state index contributed by atoms with van der Waals surface area (Å²) in [5.74, 6) is -0.571. The lowest BCUT2D eigenvalue weighted by molar-refractivity contribution is -0.136. The van der Waals surface area contributed by atoms with Gasteiger partial charge in [-0.3, -0.25) is 0 Å². The highest BCUT2D eigenvalue weighted by atomic mass is 79.9. The van der Waals surface area contributed by atoms with Gasteiger partial charge in [-0.05, 0) is 51.3 Å². The van der Waals surface area contributed by atoms with Crippen LogP contribution in [-0.2, 0) is 9.53 Å². The first-order valence-corrected chi connectivity index (χ1v) is 9.23. The van der Waals surface area contributed by atoms with Gasteiger partial charge < -0.3 is 14.2 Å². The summed E-state index contributed by atoms with van der Waals surface area (Å²) in [5.41, 5.74) is 2.27. The van der Waals surface area contributed by atoms with Crippen LogP contribution in [0.5, 0.6) is 11.5 Å². The third-order valence-corrected chi connectivity index (χ3v) is 4.52. The molecule has 5 nitrogen and oxygen atoms in total. The van der Waals surface area contributed by atoms with Crippen molar-refractivity contribution in [2.24, 2.45) is 0 Å². The minimum absolute atomic E-state index is 0.126. The number of benzene rings is 3. The number of hydrogen-bond acceptors (Lipinski definition) is 5. The van der Waals surface area contributed by atoms with Crippen LogP contribution in [-0.4, -0.2) is 25.7 Å². The number of ether oxygens (including phenoxy) is 3. The van der Waals surface area contributed by atoms with Gasteiger partial charge in [0.2, 0.25) is 0 Å². The zero-order chi connectivity index (χ0) is 19.9. The minimum atomic E-state index is -0.629. The summed E-state index contributed by atoms with van der Waals surface area (Å²) in [5, 5.41) is 0. The number of hydrogen-bond donors (Lipinski definition) is 0. The first-order valence-electron chi connectivity index (χ1n) is 8.44. The zero-order valence-electron chi connectivity index (χ0n) is 15.1. The maximum absolute atomic E-state index is 12.1. The zero-order valence-corrected chi connectivity index (χ0v) is 16.6. The summed E-state index contributed by atoms with van der Waals surface area (Å²) < 4.78 is 16.2. The minimum Gasteiger partial charge on any atom is -0.481 e. The van der Waals surface area contributed by atoms with E-state index < -0.39 is 11.9 Å². The second kappa shape index (κ2) is 9.19. The lowest BCUT2D eigenvalue weighted by Gasteiger charge is -2.11. The molecule has 3 aromatic rings. The van der Waals surface area contributed by atoms with Crippen molar-refractivity contribution in [1.82, 2.24) is 0 Å². The van der Waals surface area contributed by atoms with Crippen molar-refractivity contribution in [2.75, 3.05) is 13.7 Å². The van der Waals surface area contributed by atoms with Gasteiger partial charge >= 0.3 is 11.9 Å². The Bertz CT molecular complexity index is 985. The predicted octanol–water partition coefficient (Wildman–Crippen LogP) is 4.89. The van der Waals surface area contributed by atoms with Gasteiger partial charge in [0.25, 0.3) is 0 Å². The molecule has 3 aromatic carbocycles. The van der Waals surface area contributed by atoms with E-state index in [2.05, 4.69) is 20.7 Å². The first-order chi connectivity index (χ1) is 13.6. The van der Waals surface area contributed by atoms with E-state index in [1.165, 1.54) is 19.2 Å². The van der Waals surface area contributed by atoms with Gasteiger partial charge in [0.15, 0.2) is 6.61 Å². The molecule has 0 unspecified atom stereocenters. The van der Waals surface area contributed by atoms with Crippen LogP contribution in [0.1, 0.15) is 10.4 Å². The van der Waals surface area contributed by atoms with Crippen molar-refractivity contribution in [2.45, 2.75) is 0 Å². The van der Waals surface area contributed by atoms with Crippen molar-refractivity contribution in [3.05, 3.63) is 82.8 Å². The van der Waals surface area contributed by atoms with E-state index in [-0.39, 0.29) is 17.9 Å². The van der Waals surface area contributed by atoms with E-state index in [4.69, 9.17) is 9.47 Å². The highest BCUT2D eigenvalue weighted by Crippen LogP contribution is 2.30. The van der Waals surface area contributed by atoms with Crippen LogP contribution in [0, 0.1) is 0 Å². The van der Waals surface area contributed by atoms with E-state index in [0.29, 0.717) is 5.75 Å². The first kappa shape index (κ1) is 19.6. The molecule has 0 heterocycles. The summed E-state index contributed by atoms with van der Waals surface area (Å²) in [6.45, 7) is -0.307. The average molecular weight is 441 g/mol. The van der Waals surface area contributed by atoms with Crippen LogP contribution in [0.2, 0.25) is 0 Å². The van der Waals surface area contributed by atoms with Crippen LogP contribution in [0.15, 0.2) is 77.3 Å². The second-order valence-corrected chi connectivity index (χ2v) is 6.62. The predicted molar refractivity (Wildman–Crippen MR) is 108 cm³/mol. The molecule has 0 aromatic heterocycles. The number of carbonyl (C=O) groups excluding carboxylic acids is 2. The lowest BCUT2D eigenvalue weighted by Crippen LogP contribution is -2.19. The van der Waals surface area contributed by atoms with Gasteiger partial charge in [-0.2, -0.15) is 0 Å². The average Bonchev–Trinajstić information content (AvgIpc) is 2.73. The van der Waals surface area contributed by atoms with E-state index in [9.17, 15) is 9.59 Å². The number of para-hydroxylation sites is 1. The largest absolute Gasteiger partial charge is 0.481 e. The van der Waals surface area contributed by atoms with Gasteiger partial charge in [-0.1, -0.05) is 48.5 Å². The number of rotatable bonds is 6. The molecule has 0 N–H and O–H groups in total. The van der Waals surface area contributed by atoms with E-state index in [1.807, 2.05) is 42.5 Å². The molecule has 3 rings (SSSR count). The summed E-state index contributed by atoms with van der Waals surface area (Å²) in [7, 11) is 1.26. The fourth-order valence-corrected chi connectivity index (χ4v) is 3.04. The van der Waals surface area contributed by atoms with Crippen LogP contribution in [0.3, 0.4) is 0 Å². The third-order valence-electron chi connectivity index (χ3n) is 3.90. The molecule has 0 aliphatic heterocycles. The van der Waals surface area contributed by atoms with Gasteiger partial charge in [-0.25, -0.2) is 9.59 Å². The standard InChI is InChI=1S/C22H17BrO5/c1-26-22(25)17-9-5-6-10-19(17)28-21(24)14-27-20-12-11-16(13-18(20)23)15-7-3-2-4-8-15/h2-13H,14H2,1H3. The SMILES string of the molecule is COC(=O)c1ccccc1OC(=O)COc1ccc(-c2ccccc2)cc1Br. The molecular formula is C22H17BrO5. The maximum Gasteiger partial charge on any atom is 0.349 e. The van der Waals surface area contributed by atoms with Crippen molar-refractivity contribution in [3.8, 4) is 22.6 Å². The van der Waals surface area contributed by atoms with E-state index >= 15 is 0 Å². The molecule has 0 radical (unpaired) electrons. The molecule has 0 aliphatic carbocycles. The van der Waals surface area contributed by atoms with Crippen molar-refractivity contribution in [3.63, 3.8) is 0 Å². The topological polar surface area (TPSA) is 61.8 Å². The molecule has 28 heavy (non-hydrogen) atoms. The molecule has 0 fully saturated rings. The van der Waals surface area contributed by atoms with E-state index in [1.54, 1.807) is 18.2 Å². The third kappa shape index (κ3) is 4.78.